The maximum absolute atomic E-state index is 5.82. The number of anilines is 1. The average molecular weight is 315 g/mol. The number of nitrogens with two attached hydrogens (primary N) is 1. The average Bonchev–Trinajstić information content (AvgIpc) is 2.28. The Morgan fingerprint density at radius 3 is 2.35 bits per heavy atom. The Labute approximate surface area is 117 Å². The molecule has 0 aliphatic heterocycles. The Morgan fingerprint density at radius 2 is 1.88 bits per heavy atom. The summed E-state index contributed by atoms with van der Waals surface area (Å²) in [5.41, 5.74) is 7.90. The van der Waals surface area contributed by atoms with Gasteiger partial charge in [0.1, 0.15) is 4.99 Å². The molecule has 4 heteroatoms. The zero-order valence-corrected chi connectivity index (χ0v) is 12.8. The zero-order chi connectivity index (χ0) is 12.8. The van der Waals surface area contributed by atoms with Crippen LogP contribution in [0.3, 0.4) is 0 Å². The van der Waals surface area contributed by atoms with Gasteiger partial charge in [-0.05, 0) is 40.9 Å². The highest BCUT2D eigenvalue weighted by Gasteiger charge is 2.14. The quantitative estimate of drug-likeness (QED) is 0.812. The normalized spacial score (nSPS) is 10.3. The molecule has 0 aliphatic carbocycles. The van der Waals surface area contributed by atoms with Crippen molar-refractivity contribution in [2.45, 2.75) is 26.7 Å². The molecular weight excluding hydrogens is 296 g/mol. The minimum absolute atomic E-state index is 0.449. The molecule has 2 N–H and O–H groups in total. The second kappa shape index (κ2) is 6.97. The third-order valence-electron chi connectivity index (χ3n) is 2.57. The van der Waals surface area contributed by atoms with Gasteiger partial charge in [-0.25, -0.2) is 0 Å². The van der Waals surface area contributed by atoms with Crippen LogP contribution in [0.25, 0.3) is 0 Å². The summed E-state index contributed by atoms with van der Waals surface area (Å²) in [5.74, 6) is 0. The second-order valence-electron chi connectivity index (χ2n) is 3.99. The number of rotatable bonds is 6. The molecule has 17 heavy (non-hydrogen) atoms. The van der Waals surface area contributed by atoms with Gasteiger partial charge in [-0.2, -0.15) is 0 Å². The van der Waals surface area contributed by atoms with Crippen LogP contribution in [-0.2, 0) is 0 Å². The molecule has 0 saturated carbocycles. The van der Waals surface area contributed by atoms with Crippen LogP contribution in [0, 0.1) is 0 Å². The Kier molecular flexibility index (Phi) is 5.92. The standard InChI is InChI=1S/C13H19BrN2S/c1-3-8-16(9-4-2)11-7-5-6-10(14)12(11)13(15)17/h5-7H,3-4,8-9H2,1-2H3,(H2,15,17). The van der Waals surface area contributed by atoms with Crippen LogP contribution >= 0.6 is 28.1 Å². The van der Waals surface area contributed by atoms with Crippen LogP contribution in [0.5, 0.6) is 0 Å². The maximum Gasteiger partial charge on any atom is 0.107 e. The number of halogens is 1. The van der Waals surface area contributed by atoms with Crippen LogP contribution in [-0.4, -0.2) is 18.1 Å². The molecule has 2 nitrogen and oxygen atoms in total. The van der Waals surface area contributed by atoms with Crippen molar-refractivity contribution in [2.75, 3.05) is 18.0 Å². The Bertz CT molecular complexity index is 387. The Balaban J connectivity index is 3.17. The van der Waals surface area contributed by atoms with E-state index >= 15 is 0 Å². The smallest absolute Gasteiger partial charge is 0.107 e. The molecule has 0 amide bonds. The first-order chi connectivity index (χ1) is 8.11. The van der Waals surface area contributed by atoms with E-state index in [1.165, 1.54) is 0 Å². The zero-order valence-electron chi connectivity index (χ0n) is 10.4. The van der Waals surface area contributed by atoms with E-state index in [1.807, 2.05) is 12.1 Å². The third-order valence-corrected chi connectivity index (χ3v) is 3.43. The molecule has 0 bridgehead atoms. The van der Waals surface area contributed by atoms with Gasteiger partial charge in [-0.15, -0.1) is 0 Å². The van der Waals surface area contributed by atoms with E-state index in [0.717, 1.165) is 41.7 Å². The van der Waals surface area contributed by atoms with Crippen LogP contribution in [0.4, 0.5) is 5.69 Å². The number of hydrogen-bond donors (Lipinski definition) is 1. The van der Waals surface area contributed by atoms with Gasteiger partial charge in [0, 0.05) is 28.8 Å². The highest BCUT2D eigenvalue weighted by Crippen LogP contribution is 2.28. The van der Waals surface area contributed by atoms with Crippen LogP contribution < -0.4 is 10.6 Å². The molecular formula is C13H19BrN2S. The lowest BCUT2D eigenvalue weighted by molar-refractivity contribution is 0.744. The predicted octanol–water partition coefficient (Wildman–Crippen LogP) is 3.71. The lowest BCUT2D eigenvalue weighted by Crippen LogP contribution is -2.28. The van der Waals surface area contributed by atoms with Gasteiger partial charge >= 0.3 is 0 Å². The van der Waals surface area contributed by atoms with Gasteiger partial charge in [0.15, 0.2) is 0 Å². The van der Waals surface area contributed by atoms with Crippen molar-refractivity contribution < 1.29 is 0 Å². The van der Waals surface area contributed by atoms with E-state index in [-0.39, 0.29) is 0 Å². The molecule has 1 rings (SSSR count). The third kappa shape index (κ3) is 3.68. The number of thiocarbonyl (C=S) groups is 1. The van der Waals surface area contributed by atoms with Crippen molar-refractivity contribution in [3.63, 3.8) is 0 Å². The lowest BCUT2D eigenvalue weighted by atomic mass is 10.1. The molecule has 0 atom stereocenters. The molecule has 94 valence electrons. The minimum atomic E-state index is 0.449. The van der Waals surface area contributed by atoms with Crippen molar-refractivity contribution in [3.8, 4) is 0 Å². The molecule has 0 radical (unpaired) electrons. The van der Waals surface area contributed by atoms with Gasteiger partial charge < -0.3 is 10.6 Å². The maximum atomic E-state index is 5.82. The highest BCUT2D eigenvalue weighted by atomic mass is 79.9. The fourth-order valence-corrected chi connectivity index (χ4v) is 2.83. The number of nitrogens with zero attached hydrogens (tertiary/aromatic N) is 1. The minimum Gasteiger partial charge on any atom is -0.389 e. The summed E-state index contributed by atoms with van der Waals surface area (Å²) in [5, 5.41) is 0. The van der Waals surface area contributed by atoms with Crippen molar-refractivity contribution in [1.82, 2.24) is 0 Å². The van der Waals surface area contributed by atoms with E-state index in [0.29, 0.717) is 4.99 Å². The first-order valence-corrected chi connectivity index (χ1v) is 7.15. The molecule has 0 heterocycles. The lowest BCUT2D eigenvalue weighted by Gasteiger charge is -2.26. The van der Waals surface area contributed by atoms with Crippen molar-refractivity contribution in [1.29, 1.82) is 0 Å². The molecule has 0 aliphatic rings. The van der Waals surface area contributed by atoms with Gasteiger partial charge in [0.2, 0.25) is 0 Å². The van der Waals surface area contributed by atoms with E-state index in [1.54, 1.807) is 0 Å². The summed E-state index contributed by atoms with van der Waals surface area (Å²) in [6, 6.07) is 6.10. The monoisotopic (exact) mass is 314 g/mol. The SMILES string of the molecule is CCCN(CCC)c1cccc(Br)c1C(N)=S. The van der Waals surface area contributed by atoms with Crippen molar-refractivity contribution >= 4 is 38.8 Å². The highest BCUT2D eigenvalue weighted by molar-refractivity contribution is 9.10. The molecule has 1 aromatic rings. The van der Waals surface area contributed by atoms with Gasteiger partial charge in [0.25, 0.3) is 0 Å². The van der Waals surface area contributed by atoms with Gasteiger partial charge in [-0.3, -0.25) is 0 Å². The molecule has 0 fully saturated rings. The van der Waals surface area contributed by atoms with Gasteiger partial charge in [0.05, 0.1) is 0 Å². The summed E-state index contributed by atoms with van der Waals surface area (Å²) in [4.78, 5) is 2.80. The molecule has 0 aromatic heterocycles. The van der Waals surface area contributed by atoms with Crippen molar-refractivity contribution in [2.24, 2.45) is 5.73 Å². The fourth-order valence-electron chi connectivity index (χ4n) is 1.91. The number of hydrogen-bond acceptors (Lipinski definition) is 2. The summed E-state index contributed by atoms with van der Waals surface area (Å²) < 4.78 is 0.972. The summed E-state index contributed by atoms with van der Waals surface area (Å²) in [6.45, 7) is 6.42. The Hall–Kier alpha value is -0.610. The van der Waals surface area contributed by atoms with Crippen LogP contribution in [0.2, 0.25) is 0 Å². The van der Waals surface area contributed by atoms with Crippen molar-refractivity contribution in [3.05, 3.63) is 28.2 Å². The van der Waals surface area contributed by atoms with Crippen LogP contribution in [0.15, 0.2) is 22.7 Å². The van der Waals surface area contributed by atoms with E-state index in [4.69, 9.17) is 18.0 Å². The largest absolute Gasteiger partial charge is 0.389 e. The summed E-state index contributed by atoms with van der Waals surface area (Å²) in [7, 11) is 0. The van der Waals surface area contributed by atoms with E-state index in [2.05, 4.69) is 40.7 Å². The molecule has 0 unspecified atom stereocenters. The second-order valence-corrected chi connectivity index (χ2v) is 5.28. The number of benzene rings is 1. The van der Waals surface area contributed by atoms with E-state index < -0.39 is 0 Å². The summed E-state index contributed by atoms with van der Waals surface area (Å²) in [6.07, 6.45) is 2.23. The predicted molar refractivity (Wildman–Crippen MR) is 82.8 cm³/mol. The molecule has 0 spiro atoms. The Morgan fingerprint density at radius 1 is 1.29 bits per heavy atom. The first-order valence-electron chi connectivity index (χ1n) is 5.95. The van der Waals surface area contributed by atoms with Crippen LogP contribution in [0.1, 0.15) is 32.3 Å². The van der Waals surface area contributed by atoms with Gasteiger partial charge in [-0.1, -0.05) is 32.1 Å². The molecule has 1 aromatic carbocycles. The first kappa shape index (κ1) is 14.5. The molecule has 0 saturated heterocycles. The topological polar surface area (TPSA) is 29.3 Å². The fraction of sp³-hybridized carbons (Fsp3) is 0.462. The summed E-state index contributed by atoms with van der Waals surface area (Å²) >= 11 is 8.67. The van der Waals surface area contributed by atoms with E-state index in [9.17, 15) is 0 Å².